The smallest absolute Gasteiger partial charge is 0.258 e. The fourth-order valence-corrected chi connectivity index (χ4v) is 6.12. The maximum atomic E-state index is 13.3. The second-order valence-corrected chi connectivity index (χ2v) is 10.9. The number of amides is 1. The Morgan fingerprint density at radius 2 is 1.76 bits per heavy atom. The van der Waals surface area contributed by atoms with E-state index in [9.17, 15) is 15.0 Å². The van der Waals surface area contributed by atoms with Crippen molar-refractivity contribution in [3.05, 3.63) is 93.5 Å². The molecule has 2 N–H and O–H groups in total. The van der Waals surface area contributed by atoms with Gasteiger partial charge >= 0.3 is 0 Å². The molecule has 3 aromatic carbocycles. The SMILES string of the molecule is O=C(c1ccc(O)cc1OC[C@H](O)CN1CCC2(CC1)OCc1cc(Cl)ccc12)N1Cc2ccccc2C1. The van der Waals surface area contributed by atoms with Gasteiger partial charge in [-0.3, -0.25) is 4.79 Å². The van der Waals surface area contributed by atoms with Crippen molar-refractivity contribution in [1.29, 1.82) is 0 Å². The van der Waals surface area contributed by atoms with Crippen LogP contribution < -0.4 is 4.74 Å². The average molecular weight is 535 g/mol. The topological polar surface area (TPSA) is 82.5 Å². The molecular weight excluding hydrogens is 504 g/mol. The molecule has 1 spiro atoms. The van der Waals surface area contributed by atoms with Gasteiger partial charge in [0.2, 0.25) is 0 Å². The molecule has 7 nitrogen and oxygen atoms in total. The van der Waals surface area contributed by atoms with Crippen LogP contribution in [0.25, 0.3) is 0 Å². The van der Waals surface area contributed by atoms with Gasteiger partial charge in [-0.2, -0.15) is 0 Å². The first-order valence-electron chi connectivity index (χ1n) is 13.1. The van der Waals surface area contributed by atoms with Gasteiger partial charge in [-0.25, -0.2) is 0 Å². The predicted octanol–water partition coefficient (Wildman–Crippen LogP) is 4.46. The summed E-state index contributed by atoms with van der Waals surface area (Å²) in [5.41, 5.74) is 4.76. The van der Waals surface area contributed by atoms with Crippen LogP contribution in [-0.2, 0) is 30.0 Å². The second kappa shape index (κ2) is 10.2. The van der Waals surface area contributed by atoms with Gasteiger partial charge in [0.1, 0.15) is 24.2 Å². The highest BCUT2D eigenvalue weighted by atomic mass is 35.5. The maximum absolute atomic E-state index is 13.3. The molecule has 0 radical (unpaired) electrons. The molecule has 0 saturated carbocycles. The van der Waals surface area contributed by atoms with Crippen molar-refractivity contribution in [2.24, 2.45) is 0 Å². The summed E-state index contributed by atoms with van der Waals surface area (Å²) >= 11 is 6.15. The Morgan fingerprint density at radius 1 is 1.03 bits per heavy atom. The maximum Gasteiger partial charge on any atom is 0.258 e. The average Bonchev–Trinajstić information content (AvgIpc) is 3.50. The van der Waals surface area contributed by atoms with Crippen LogP contribution in [0.5, 0.6) is 11.5 Å². The number of aliphatic hydroxyl groups excluding tert-OH is 1. The number of piperidine rings is 1. The number of ether oxygens (including phenoxy) is 2. The van der Waals surface area contributed by atoms with E-state index in [0.717, 1.165) is 47.6 Å². The molecule has 3 heterocycles. The fourth-order valence-electron chi connectivity index (χ4n) is 5.92. The van der Waals surface area contributed by atoms with E-state index in [4.69, 9.17) is 21.1 Å². The predicted molar refractivity (Wildman–Crippen MR) is 143 cm³/mol. The van der Waals surface area contributed by atoms with E-state index in [2.05, 4.69) is 11.0 Å². The van der Waals surface area contributed by atoms with Crippen LogP contribution in [0.15, 0.2) is 60.7 Å². The number of phenolic OH excluding ortho intramolecular Hbond substituents is 1. The second-order valence-electron chi connectivity index (χ2n) is 10.5. The first-order chi connectivity index (χ1) is 18.4. The van der Waals surface area contributed by atoms with Crippen molar-refractivity contribution in [2.75, 3.05) is 26.2 Å². The lowest BCUT2D eigenvalue weighted by atomic mass is 9.84. The van der Waals surface area contributed by atoms with Crippen molar-refractivity contribution in [1.82, 2.24) is 9.80 Å². The van der Waals surface area contributed by atoms with Gasteiger partial charge in [-0.15, -0.1) is 0 Å². The summed E-state index contributed by atoms with van der Waals surface area (Å²) in [7, 11) is 0. The highest BCUT2D eigenvalue weighted by molar-refractivity contribution is 6.30. The summed E-state index contributed by atoms with van der Waals surface area (Å²) in [4.78, 5) is 17.3. The molecule has 1 amide bonds. The molecule has 3 aliphatic rings. The number of likely N-dealkylation sites (tertiary alicyclic amines) is 1. The molecule has 1 saturated heterocycles. The largest absolute Gasteiger partial charge is 0.508 e. The fraction of sp³-hybridized carbons (Fsp3) is 0.367. The van der Waals surface area contributed by atoms with Gasteiger partial charge in [0, 0.05) is 43.8 Å². The quantitative estimate of drug-likeness (QED) is 0.486. The summed E-state index contributed by atoms with van der Waals surface area (Å²) < 4.78 is 12.2. The van der Waals surface area contributed by atoms with Crippen LogP contribution in [0.2, 0.25) is 5.02 Å². The number of phenols is 1. The minimum atomic E-state index is -0.749. The highest BCUT2D eigenvalue weighted by Crippen LogP contribution is 2.44. The van der Waals surface area contributed by atoms with E-state index in [0.29, 0.717) is 31.8 Å². The van der Waals surface area contributed by atoms with Crippen LogP contribution in [0, 0.1) is 0 Å². The highest BCUT2D eigenvalue weighted by Gasteiger charge is 2.42. The number of carbonyl (C=O) groups excluding carboxylic acids is 1. The van der Waals surface area contributed by atoms with Gasteiger partial charge in [0.05, 0.1) is 17.8 Å². The van der Waals surface area contributed by atoms with E-state index in [-0.39, 0.29) is 29.6 Å². The summed E-state index contributed by atoms with van der Waals surface area (Å²) in [5.74, 6) is 0.123. The van der Waals surface area contributed by atoms with E-state index in [1.165, 1.54) is 17.7 Å². The number of fused-ring (bicyclic) bond motifs is 3. The molecule has 198 valence electrons. The van der Waals surface area contributed by atoms with Crippen LogP contribution in [0.1, 0.15) is 45.5 Å². The molecule has 0 aromatic heterocycles. The minimum absolute atomic E-state index is 0.00945. The summed E-state index contributed by atoms with van der Waals surface area (Å²) in [6.07, 6.45) is 0.943. The van der Waals surface area contributed by atoms with Crippen molar-refractivity contribution < 1.29 is 24.5 Å². The van der Waals surface area contributed by atoms with Crippen molar-refractivity contribution >= 4 is 17.5 Å². The Labute approximate surface area is 227 Å². The van der Waals surface area contributed by atoms with Crippen LogP contribution >= 0.6 is 11.6 Å². The monoisotopic (exact) mass is 534 g/mol. The van der Waals surface area contributed by atoms with Gasteiger partial charge in [-0.05, 0) is 59.4 Å². The standard InChI is InChI=1S/C30H31ClN2O5/c31-23-5-8-27-22(13-23)18-38-30(27)9-11-32(12-10-30)17-25(35)19-37-28-14-24(34)6-7-26(28)29(36)33-15-20-3-1-2-4-21(20)16-33/h1-8,13-14,25,34-35H,9-12,15-19H2/t25-/m1/s1. The van der Waals surface area contributed by atoms with E-state index >= 15 is 0 Å². The van der Waals surface area contributed by atoms with Crippen molar-refractivity contribution in [3.8, 4) is 11.5 Å². The number of hydrogen-bond acceptors (Lipinski definition) is 6. The number of nitrogens with zero attached hydrogens (tertiary/aromatic N) is 2. The number of rotatable bonds is 6. The third-order valence-electron chi connectivity index (χ3n) is 7.95. The van der Waals surface area contributed by atoms with Crippen LogP contribution in [-0.4, -0.2) is 58.3 Å². The normalized spacial score (nSPS) is 18.8. The molecule has 8 heteroatoms. The van der Waals surface area contributed by atoms with E-state index in [1.807, 2.05) is 36.4 Å². The van der Waals surface area contributed by atoms with Gasteiger partial charge in [0.15, 0.2) is 0 Å². The molecule has 3 aromatic rings. The van der Waals surface area contributed by atoms with Crippen LogP contribution in [0.3, 0.4) is 0 Å². The number of β-amino-alcohol motifs (C(OH)–C–C–N with tert-alkyl or cyclic N) is 1. The zero-order valence-electron chi connectivity index (χ0n) is 21.1. The van der Waals surface area contributed by atoms with Gasteiger partial charge < -0.3 is 29.5 Å². The van der Waals surface area contributed by atoms with Gasteiger partial charge in [0.25, 0.3) is 5.91 Å². The zero-order valence-corrected chi connectivity index (χ0v) is 21.9. The number of benzene rings is 3. The molecule has 0 aliphatic carbocycles. The molecule has 38 heavy (non-hydrogen) atoms. The van der Waals surface area contributed by atoms with Crippen LogP contribution in [0.4, 0.5) is 0 Å². The number of aliphatic hydroxyl groups is 1. The zero-order chi connectivity index (χ0) is 26.3. The van der Waals surface area contributed by atoms with Crippen molar-refractivity contribution in [3.63, 3.8) is 0 Å². The molecular formula is C30H31ClN2O5. The Balaban J connectivity index is 1.05. The van der Waals surface area contributed by atoms with Gasteiger partial charge in [-0.1, -0.05) is 41.9 Å². The minimum Gasteiger partial charge on any atom is -0.508 e. The number of halogens is 1. The number of hydrogen-bond donors (Lipinski definition) is 2. The molecule has 1 fully saturated rings. The lowest BCUT2D eigenvalue weighted by Crippen LogP contribution is -2.46. The molecule has 0 unspecified atom stereocenters. The number of carbonyl (C=O) groups is 1. The lowest BCUT2D eigenvalue weighted by Gasteiger charge is -2.39. The van der Waals surface area contributed by atoms with Crippen molar-refractivity contribution in [2.45, 2.75) is 44.2 Å². The van der Waals surface area contributed by atoms with E-state index in [1.54, 1.807) is 11.0 Å². The number of aromatic hydroxyl groups is 1. The summed E-state index contributed by atoms with van der Waals surface area (Å²) in [6.45, 7) is 3.72. The summed E-state index contributed by atoms with van der Waals surface area (Å²) in [6, 6.07) is 18.5. The molecule has 1 atom stereocenters. The third kappa shape index (κ3) is 4.87. The Hall–Kier alpha value is -3.10. The third-order valence-corrected chi connectivity index (χ3v) is 8.18. The molecule has 0 bridgehead atoms. The first kappa shape index (κ1) is 25.2. The Morgan fingerprint density at radius 3 is 2.50 bits per heavy atom. The Bertz CT molecular complexity index is 1330. The molecule has 6 rings (SSSR count). The van der Waals surface area contributed by atoms with E-state index < -0.39 is 6.10 Å². The first-order valence-corrected chi connectivity index (χ1v) is 13.4. The lowest BCUT2D eigenvalue weighted by molar-refractivity contribution is -0.0835. The Kier molecular flexibility index (Phi) is 6.78. The molecule has 3 aliphatic heterocycles. The summed E-state index contributed by atoms with van der Waals surface area (Å²) in [5, 5.41) is 21.5.